The molecule has 0 radical (unpaired) electrons. The summed E-state index contributed by atoms with van der Waals surface area (Å²) >= 11 is 2.23. The van der Waals surface area contributed by atoms with Crippen LogP contribution in [-0.4, -0.2) is 4.57 Å². The molecular formula is C15H11IN2O. The summed E-state index contributed by atoms with van der Waals surface area (Å²) in [5.74, 6) is 0.449. The number of nitrogens with two attached hydrogens (primary N) is 1. The van der Waals surface area contributed by atoms with Crippen molar-refractivity contribution in [1.82, 2.24) is 4.57 Å². The zero-order valence-corrected chi connectivity index (χ0v) is 12.2. The van der Waals surface area contributed by atoms with E-state index in [9.17, 15) is 4.79 Å². The SMILES string of the molecule is Nc1cc2ccccc2c(=O)n1-c1ccc(I)cc1. The Labute approximate surface area is 123 Å². The molecule has 0 aliphatic heterocycles. The average Bonchev–Trinajstić information content (AvgIpc) is 2.41. The molecule has 2 aromatic carbocycles. The normalized spacial score (nSPS) is 10.8. The van der Waals surface area contributed by atoms with Crippen LogP contribution in [0.1, 0.15) is 0 Å². The van der Waals surface area contributed by atoms with E-state index in [1.807, 2.05) is 54.6 Å². The van der Waals surface area contributed by atoms with Gasteiger partial charge in [-0.25, -0.2) is 0 Å². The van der Waals surface area contributed by atoms with Gasteiger partial charge < -0.3 is 5.73 Å². The number of hydrogen-bond acceptors (Lipinski definition) is 2. The van der Waals surface area contributed by atoms with Crippen molar-refractivity contribution in [2.75, 3.05) is 5.73 Å². The Balaban J connectivity index is 2.35. The van der Waals surface area contributed by atoms with Crippen LogP contribution in [0.5, 0.6) is 0 Å². The molecule has 0 unspecified atom stereocenters. The van der Waals surface area contributed by atoms with Crippen LogP contribution in [0.3, 0.4) is 0 Å². The first kappa shape index (κ1) is 12.2. The van der Waals surface area contributed by atoms with E-state index < -0.39 is 0 Å². The summed E-state index contributed by atoms with van der Waals surface area (Å²) in [7, 11) is 0. The second-order valence-corrected chi connectivity index (χ2v) is 5.52. The molecule has 0 saturated heterocycles. The number of rotatable bonds is 1. The van der Waals surface area contributed by atoms with Crippen molar-refractivity contribution in [1.29, 1.82) is 0 Å². The van der Waals surface area contributed by atoms with Crippen LogP contribution in [-0.2, 0) is 0 Å². The Hall–Kier alpha value is -1.82. The first-order valence-electron chi connectivity index (χ1n) is 5.83. The van der Waals surface area contributed by atoms with Crippen LogP contribution in [0.4, 0.5) is 5.82 Å². The fourth-order valence-electron chi connectivity index (χ4n) is 2.14. The lowest BCUT2D eigenvalue weighted by Crippen LogP contribution is -2.21. The van der Waals surface area contributed by atoms with E-state index in [2.05, 4.69) is 22.6 Å². The van der Waals surface area contributed by atoms with E-state index in [1.165, 1.54) is 0 Å². The minimum Gasteiger partial charge on any atom is -0.385 e. The summed E-state index contributed by atoms with van der Waals surface area (Å²) < 4.78 is 2.66. The van der Waals surface area contributed by atoms with Crippen LogP contribution in [0.2, 0.25) is 0 Å². The maximum absolute atomic E-state index is 12.5. The Bertz CT molecular complexity index is 806. The molecule has 4 heteroatoms. The predicted octanol–water partition coefficient (Wildman–Crippen LogP) is 3.18. The van der Waals surface area contributed by atoms with E-state index >= 15 is 0 Å². The van der Waals surface area contributed by atoms with Gasteiger partial charge in [0, 0.05) is 8.96 Å². The highest BCUT2D eigenvalue weighted by atomic mass is 127. The number of pyridine rings is 1. The lowest BCUT2D eigenvalue weighted by atomic mass is 10.1. The standard InChI is InChI=1S/C15H11IN2O/c16-11-5-7-12(8-6-11)18-14(17)9-10-3-1-2-4-13(10)15(18)19/h1-9H,17H2. The molecule has 2 N–H and O–H groups in total. The molecule has 0 aliphatic carbocycles. The largest absolute Gasteiger partial charge is 0.385 e. The van der Waals surface area contributed by atoms with Crippen molar-refractivity contribution in [2.24, 2.45) is 0 Å². The summed E-state index contributed by atoms with van der Waals surface area (Å²) in [6, 6.07) is 17.0. The monoisotopic (exact) mass is 362 g/mol. The third-order valence-corrected chi connectivity index (χ3v) is 3.76. The number of halogens is 1. The Kier molecular flexibility index (Phi) is 3.02. The Morgan fingerprint density at radius 3 is 2.42 bits per heavy atom. The van der Waals surface area contributed by atoms with Crippen LogP contribution in [0.15, 0.2) is 59.4 Å². The first-order valence-corrected chi connectivity index (χ1v) is 6.91. The van der Waals surface area contributed by atoms with Gasteiger partial charge in [0.25, 0.3) is 5.56 Å². The number of hydrogen-bond donors (Lipinski definition) is 1. The summed E-state index contributed by atoms with van der Waals surface area (Å²) in [6.45, 7) is 0. The van der Waals surface area contributed by atoms with E-state index in [1.54, 1.807) is 4.57 Å². The number of benzene rings is 2. The lowest BCUT2D eigenvalue weighted by Gasteiger charge is -2.11. The van der Waals surface area contributed by atoms with Crippen molar-refractivity contribution in [2.45, 2.75) is 0 Å². The molecule has 0 spiro atoms. The van der Waals surface area contributed by atoms with Crippen molar-refractivity contribution < 1.29 is 0 Å². The zero-order valence-electron chi connectivity index (χ0n) is 10.0. The van der Waals surface area contributed by atoms with Crippen molar-refractivity contribution >= 4 is 39.2 Å². The van der Waals surface area contributed by atoms with E-state index in [0.29, 0.717) is 11.2 Å². The summed E-state index contributed by atoms with van der Waals surface area (Å²) in [4.78, 5) is 12.5. The predicted molar refractivity (Wildman–Crippen MR) is 86.7 cm³/mol. The fourth-order valence-corrected chi connectivity index (χ4v) is 2.50. The fraction of sp³-hybridized carbons (Fsp3) is 0. The molecule has 3 rings (SSSR count). The van der Waals surface area contributed by atoms with Crippen LogP contribution >= 0.6 is 22.6 Å². The van der Waals surface area contributed by atoms with Gasteiger partial charge in [0.05, 0.1) is 5.69 Å². The van der Waals surface area contributed by atoms with Gasteiger partial charge in [-0.3, -0.25) is 9.36 Å². The van der Waals surface area contributed by atoms with E-state index in [-0.39, 0.29) is 5.56 Å². The third kappa shape index (κ3) is 2.12. The highest BCUT2D eigenvalue weighted by molar-refractivity contribution is 14.1. The molecule has 1 heterocycles. The summed E-state index contributed by atoms with van der Waals surface area (Å²) in [5, 5.41) is 1.54. The molecule has 0 bridgehead atoms. The summed E-state index contributed by atoms with van der Waals surface area (Å²) in [5.41, 5.74) is 6.72. The maximum Gasteiger partial charge on any atom is 0.264 e. The van der Waals surface area contributed by atoms with Crippen LogP contribution in [0, 0.1) is 3.57 Å². The summed E-state index contributed by atoms with van der Waals surface area (Å²) in [6.07, 6.45) is 0. The zero-order chi connectivity index (χ0) is 13.4. The number of nitrogens with zero attached hydrogens (tertiary/aromatic N) is 1. The molecule has 1 aromatic heterocycles. The molecule has 3 aromatic rings. The lowest BCUT2D eigenvalue weighted by molar-refractivity contribution is 1.02. The quantitative estimate of drug-likeness (QED) is 0.676. The maximum atomic E-state index is 12.5. The average molecular weight is 362 g/mol. The van der Waals surface area contributed by atoms with Crippen molar-refractivity contribution in [3.05, 3.63) is 68.5 Å². The highest BCUT2D eigenvalue weighted by Crippen LogP contribution is 2.18. The minimum absolute atomic E-state index is 0.0863. The van der Waals surface area contributed by atoms with Crippen molar-refractivity contribution in [3.63, 3.8) is 0 Å². The first-order chi connectivity index (χ1) is 9.16. The molecular weight excluding hydrogens is 351 g/mol. The molecule has 3 nitrogen and oxygen atoms in total. The molecule has 0 saturated carbocycles. The van der Waals surface area contributed by atoms with E-state index in [4.69, 9.17) is 5.73 Å². The topological polar surface area (TPSA) is 48.0 Å². The number of fused-ring (bicyclic) bond motifs is 1. The van der Waals surface area contributed by atoms with Gasteiger partial charge in [0.1, 0.15) is 5.82 Å². The third-order valence-electron chi connectivity index (χ3n) is 3.04. The van der Waals surface area contributed by atoms with E-state index in [0.717, 1.165) is 14.6 Å². The van der Waals surface area contributed by atoms with Crippen LogP contribution < -0.4 is 11.3 Å². The smallest absolute Gasteiger partial charge is 0.264 e. The van der Waals surface area contributed by atoms with Gasteiger partial charge in [-0.15, -0.1) is 0 Å². The minimum atomic E-state index is -0.0863. The molecule has 19 heavy (non-hydrogen) atoms. The molecule has 0 fully saturated rings. The highest BCUT2D eigenvalue weighted by Gasteiger charge is 2.08. The van der Waals surface area contributed by atoms with Gasteiger partial charge >= 0.3 is 0 Å². The Morgan fingerprint density at radius 1 is 1.00 bits per heavy atom. The van der Waals surface area contributed by atoms with Gasteiger partial charge in [-0.2, -0.15) is 0 Å². The van der Waals surface area contributed by atoms with Crippen LogP contribution in [0.25, 0.3) is 16.5 Å². The number of aromatic nitrogens is 1. The van der Waals surface area contributed by atoms with Gasteiger partial charge in [-0.05, 0) is 64.4 Å². The van der Waals surface area contributed by atoms with Gasteiger partial charge in [-0.1, -0.05) is 18.2 Å². The molecule has 94 valence electrons. The van der Waals surface area contributed by atoms with Crippen molar-refractivity contribution in [3.8, 4) is 5.69 Å². The second kappa shape index (κ2) is 4.70. The Morgan fingerprint density at radius 2 is 1.68 bits per heavy atom. The molecule has 0 atom stereocenters. The number of anilines is 1. The number of nitrogen functional groups attached to an aromatic ring is 1. The molecule has 0 amide bonds. The van der Waals surface area contributed by atoms with Gasteiger partial charge in [0.15, 0.2) is 0 Å². The second-order valence-electron chi connectivity index (χ2n) is 4.27. The molecule has 0 aliphatic rings. The van der Waals surface area contributed by atoms with Gasteiger partial charge in [0.2, 0.25) is 0 Å².